The van der Waals surface area contributed by atoms with Gasteiger partial charge in [0.2, 0.25) is 5.28 Å². The summed E-state index contributed by atoms with van der Waals surface area (Å²) in [6.07, 6.45) is 7.55. The third kappa shape index (κ3) is 24.2. The van der Waals surface area contributed by atoms with Gasteiger partial charge in [0.1, 0.15) is 96.0 Å². The van der Waals surface area contributed by atoms with E-state index < -0.39 is 174 Å². The van der Waals surface area contributed by atoms with Crippen molar-refractivity contribution in [1.82, 2.24) is 97.6 Å². The minimum atomic E-state index is -1.39. The van der Waals surface area contributed by atoms with Crippen molar-refractivity contribution in [2.75, 3.05) is 97.5 Å². The highest BCUT2D eigenvalue weighted by Crippen LogP contribution is 2.49. The second-order valence-electron chi connectivity index (χ2n) is 39.5. The van der Waals surface area contributed by atoms with Crippen LogP contribution in [-0.4, -0.2) is 369 Å². The molecule has 10 aromatic heterocycles. The van der Waals surface area contributed by atoms with Crippen LogP contribution in [0.2, 0.25) is 5.28 Å². The van der Waals surface area contributed by atoms with E-state index in [9.17, 15) is 79.4 Å². The third-order valence-corrected chi connectivity index (χ3v) is 32.8. The summed E-state index contributed by atoms with van der Waals surface area (Å²) >= 11 is 11.5. The molecule has 5 fully saturated rings. The number of rotatable bonds is 23. The molecule has 0 bridgehead atoms. The summed E-state index contributed by atoms with van der Waals surface area (Å²) < 4.78 is 52.5. The van der Waals surface area contributed by atoms with Gasteiger partial charge in [0.05, 0.1) is 30.5 Å². The predicted octanol–water partition coefficient (Wildman–Crippen LogP) is 5.46. The summed E-state index contributed by atoms with van der Waals surface area (Å²) in [4.78, 5) is 116. The van der Waals surface area contributed by atoms with Gasteiger partial charge >= 0.3 is 0 Å². The molecule has 0 aromatic carbocycles. The van der Waals surface area contributed by atoms with Crippen LogP contribution in [-0.2, 0) is 30.1 Å². The Kier molecular flexibility index (Phi) is 33.8. The summed E-state index contributed by atoms with van der Waals surface area (Å²) in [6, 6.07) is 0. The molecule has 15 rings (SSSR count). The smallest absolute Gasteiger partial charge is 0.293 e. The van der Waals surface area contributed by atoms with E-state index in [4.69, 9.17) is 35.3 Å². The van der Waals surface area contributed by atoms with Gasteiger partial charge in [-0.05, 0) is 196 Å². The number of ether oxygens (including phenoxy) is 5. The Morgan fingerprint density at radius 2 is 0.617 bits per heavy atom. The molecule has 15 N–H and O–H groups in total. The zero-order chi connectivity index (χ0) is 99.1. The third-order valence-electron chi connectivity index (χ3n) is 23.4. The number of fused-ring (bicyclic) bond motifs is 5. The molecular formula is C84H129BrClFIN20O20P5. The average molecular weight is 2160 g/mol. The number of aromatic nitrogens is 20. The Hall–Kier alpha value is -5.92. The summed E-state index contributed by atoms with van der Waals surface area (Å²) in [5.74, 6) is 2.67. The van der Waals surface area contributed by atoms with Gasteiger partial charge in [0.25, 0.3) is 33.9 Å². The van der Waals surface area contributed by atoms with Crippen molar-refractivity contribution in [2.45, 2.75) is 218 Å². The van der Waals surface area contributed by atoms with Gasteiger partial charge < -0.3 is 99.7 Å². The van der Waals surface area contributed by atoms with Crippen LogP contribution >= 0.6 is 84.6 Å². The number of halogens is 4. The standard InChI is InChI=1S/C20H33N4O4P.C16H24BrN4O4P.C16H24ClN4O4P.C16H24FN4O4P.C16H24IN4O4P/c1-7-8-9-13-23-14-18(21-12(3)22-19(14)27)24(13)20-16(26)15(25)17(28-20)11(2)10-29(4,5)6;4*1-7(6-26(3,4)5)12-10(22)11(23)15(25-12)21-13-9(20-16(21)17)14(24)19-8(2)18-13/h11,15-17,20,25-26H,4,7-10H2,1-3,5-6H3,(H,21,22,27);4*7,10-12,15,22-23H,3,6H2,1-2,4-5H3,(H,18,19,24)/t11?,15-,16+,17+,20+;4*7?,10-,11+,12+,15+/m00000/s1. The minimum Gasteiger partial charge on any atom is -0.388 e. The van der Waals surface area contributed by atoms with Crippen LogP contribution in [0, 0.1) is 74.1 Å². The fourth-order valence-electron chi connectivity index (χ4n) is 18.4. The molecule has 40 nitrogen and oxygen atoms in total. The Labute approximate surface area is 795 Å². The number of H-pyrrole nitrogens is 5. The molecule has 5 aliphatic heterocycles. The topological polar surface area (TPSA) is 566 Å². The first-order valence-electron chi connectivity index (χ1n) is 43.5. The largest absolute Gasteiger partial charge is 0.388 e. The summed E-state index contributed by atoms with van der Waals surface area (Å²) in [6.45, 7) is 34.7. The number of imidazole rings is 5. The number of unbranched alkanes of at least 4 members (excludes halogenated alkanes) is 1. The van der Waals surface area contributed by atoms with E-state index in [2.05, 4.69) is 196 Å². The average Bonchev–Trinajstić information content (AvgIpc) is 1.63. The van der Waals surface area contributed by atoms with Gasteiger partial charge in [-0.3, -0.25) is 46.8 Å². The highest BCUT2D eigenvalue weighted by molar-refractivity contribution is 14.1. The maximum Gasteiger partial charge on any atom is 0.293 e. The van der Waals surface area contributed by atoms with Crippen LogP contribution < -0.4 is 27.8 Å². The maximum atomic E-state index is 14.4. The van der Waals surface area contributed by atoms with Crippen molar-refractivity contribution in [1.29, 1.82) is 0 Å². The lowest BCUT2D eigenvalue weighted by atomic mass is 10.00. The van der Waals surface area contributed by atoms with Gasteiger partial charge in [0, 0.05) is 29.0 Å². The Morgan fingerprint density at radius 3 is 0.932 bits per heavy atom. The second-order valence-corrected chi connectivity index (χ2v) is 62.7. The Balaban J connectivity index is 0.000000160. The normalized spacial score (nSPS) is 27.6. The highest BCUT2D eigenvalue weighted by atomic mass is 127. The molecule has 10 aromatic rings. The predicted molar refractivity (Wildman–Crippen MR) is 538 cm³/mol. The van der Waals surface area contributed by atoms with Crippen molar-refractivity contribution >= 4 is 172 Å². The lowest BCUT2D eigenvalue weighted by molar-refractivity contribution is -0.0537. The van der Waals surface area contributed by atoms with Crippen LogP contribution in [0.1, 0.15) is 120 Å². The molecule has 0 aliphatic carbocycles. The van der Waals surface area contributed by atoms with Crippen molar-refractivity contribution in [3.8, 4) is 0 Å². The zero-order valence-corrected chi connectivity index (χ0v) is 87.6. The van der Waals surface area contributed by atoms with Crippen LogP contribution in [0.5, 0.6) is 0 Å². The van der Waals surface area contributed by atoms with Gasteiger partial charge in [-0.25, -0.2) is 44.9 Å². The Morgan fingerprint density at radius 1 is 0.376 bits per heavy atom. The van der Waals surface area contributed by atoms with Crippen LogP contribution in [0.3, 0.4) is 0 Å². The molecule has 0 amide bonds. The Bertz CT molecular complexity index is 5900. The fraction of sp³-hybridized carbons (Fsp3) is 0.643. The number of hydrogen-bond donors (Lipinski definition) is 15. The number of aliphatic hydroxyl groups is 10. The van der Waals surface area contributed by atoms with Gasteiger partial charge in [-0.15, -0.1) is 65.9 Å². The molecule has 133 heavy (non-hydrogen) atoms. The van der Waals surface area contributed by atoms with Crippen LogP contribution in [0.25, 0.3) is 55.8 Å². The van der Waals surface area contributed by atoms with E-state index in [0.29, 0.717) is 61.0 Å². The molecule has 5 saturated heterocycles. The molecule has 49 heteroatoms. The quantitative estimate of drug-likeness (QED) is 0.0214. The van der Waals surface area contributed by atoms with Crippen molar-refractivity contribution in [2.24, 2.45) is 29.6 Å². The molecule has 0 radical (unpaired) electrons. The molecule has 5 unspecified atom stereocenters. The number of hydrogen-bond acceptors (Lipinski definition) is 30. The number of aromatic amines is 5. The summed E-state index contributed by atoms with van der Waals surface area (Å²) in [5, 5.41) is 106. The van der Waals surface area contributed by atoms with Crippen molar-refractivity contribution < 1.29 is 79.1 Å². The molecule has 0 spiro atoms. The van der Waals surface area contributed by atoms with Crippen molar-refractivity contribution in [3.63, 3.8) is 0 Å². The summed E-state index contributed by atoms with van der Waals surface area (Å²) in [7, 11) is 0. The lowest BCUT2D eigenvalue weighted by Crippen LogP contribution is -2.36. The van der Waals surface area contributed by atoms with Crippen LogP contribution in [0.4, 0.5) is 4.39 Å². The van der Waals surface area contributed by atoms with E-state index in [0.717, 1.165) is 48.2 Å². The van der Waals surface area contributed by atoms with Gasteiger partial charge in [-0.1, -0.05) is 48.0 Å². The monoisotopic (exact) mass is 2150 g/mol. The number of nitrogens with one attached hydrogen (secondary N) is 5. The van der Waals surface area contributed by atoms with Gasteiger partial charge in [0.15, 0.2) is 95.5 Å². The minimum absolute atomic E-state index is 0.00265. The van der Waals surface area contributed by atoms with Gasteiger partial charge in [-0.2, -0.15) is 9.37 Å². The van der Waals surface area contributed by atoms with Crippen LogP contribution in [0.15, 0.2) is 28.7 Å². The molecule has 5 aliphatic rings. The van der Waals surface area contributed by atoms with E-state index in [1.165, 1.54) is 9.13 Å². The highest BCUT2D eigenvalue weighted by Gasteiger charge is 2.53. The molecule has 0 saturated carbocycles. The number of aliphatic hydroxyl groups excluding tert-OH is 10. The molecular weight excluding hydrogens is 2030 g/mol. The number of nitrogens with zero attached hydrogens (tertiary/aromatic N) is 15. The first-order chi connectivity index (χ1) is 61.5. The van der Waals surface area contributed by atoms with E-state index in [1.54, 1.807) is 43.8 Å². The fourth-order valence-corrected chi connectivity index (χ4v) is 28.7. The first kappa shape index (κ1) is 108. The molecule has 738 valence electrons. The van der Waals surface area contributed by atoms with Crippen molar-refractivity contribution in [3.05, 3.63) is 107 Å². The van der Waals surface area contributed by atoms with E-state index >= 15 is 0 Å². The SMILES string of the molecule is C=P(C)(C)CC(C)[C@H]1O[C@@H](n2c(Br)nc3c(=O)[nH]c(C)nc32)[C@H](O)[C@@H]1O.C=P(C)(C)CC(C)[C@H]1O[C@@H](n2c(CCCC)nc3c(=O)[nH]c(C)nc32)[C@H](O)[C@@H]1O.C=P(C)(C)CC(C)[C@H]1O[C@@H](n2c(Cl)nc3c(=O)[nH]c(C)nc32)[C@H](O)[C@@H]1O.C=P(C)(C)CC(C)[C@H]1O[C@@H](n2c(F)nc3c(=O)[nH]c(C)nc32)[C@H](O)[C@@H]1O.C=P(C)(C)CC(C)[C@H]1O[C@@H](n2c(I)nc3c(=O)[nH]c(C)nc32)[C@H](O)[C@@H]1O. The summed E-state index contributed by atoms with van der Waals surface area (Å²) in [5.41, 5.74) is -0.374. The molecule has 25 atom stereocenters. The second kappa shape index (κ2) is 41.9. The molecule has 15 heterocycles. The number of aryl methyl sites for hydroxylation is 6. The lowest BCUT2D eigenvalue weighted by Gasteiger charge is -2.26. The van der Waals surface area contributed by atoms with E-state index in [-0.39, 0.29) is 96.3 Å². The van der Waals surface area contributed by atoms with E-state index in [1.807, 2.05) is 57.2 Å². The maximum absolute atomic E-state index is 14.4. The first-order valence-corrected chi connectivity index (χ1v) is 61.0. The zero-order valence-electron chi connectivity index (χ0n) is 78.6.